The van der Waals surface area contributed by atoms with E-state index in [9.17, 15) is 9.59 Å². The van der Waals surface area contributed by atoms with Crippen molar-refractivity contribution in [2.75, 3.05) is 33.5 Å². The average Bonchev–Trinajstić information content (AvgIpc) is 2.61. The maximum atomic E-state index is 11.6. The molecule has 0 fully saturated rings. The second-order valence-electron chi connectivity index (χ2n) is 5.05. The van der Waals surface area contributed by atoms with Crippen LogP contribution in [0.5, 0.6) is 11.5 Å². The van der Waals surface area contributed by atoms with Gasteiger partial charge in [0.1, 0.15) is 13.0 Å². The van der Waals surface area contributed by atoms with Gasteiger partial charge in [0, 0.05) is 13.7 Å². The highest BCUT2D eigenvalue weighted by molar-refractivity contribution is 5.97. The van der Waals surface area contributed by atoms with Crippen molar-refractivity contribution in [2.24, 2.45) is 5.10 Å². The Labute approximate surface area is 153 Å². The number of hydrogen-bond acceptors (Lipinski definition) is 6. The van der Waals surface area contributed by atoms with Crippen molar-refractivity contribution < 1.29 is 23.8 Å². The molecule has 0 aliphatic rings. The predicted molar refractivity (Wildman–Crippen MR) is 98.5 cm³/mol. The van der Waals surface area contributed by atoms with Crippen LogP contribution in [0.4, 0.5) is 0 Å². The molecule has 8 nitrogen and oxygen atoms in total. The molecule has 0 bridgehead atoms. The first-order valence-corrected chi connectivity index (χ1v) is 8.18. The summed E-state index contributed by atoms with van der Waals surface area (Å²) in [6.45, 7) is 7.08. The average molecular weight is 363 g/mol. The minimum atomic E-state index is -0.507. The zero-order valence-corrected chi connectivity index (χ0v) is 15.1. The highest BCUT2D eigenvalue weighted by atomic mass is 16.5. The first kappa shape index (κ1) is 21.2. The van der Waals surface area contributed by atoms with Gasteiger partial charge < -0.3 is 19.5 Å². The maximum Gasteiger partial charge on any atom is 0.249 e. The van der Waals surface area contributed by atoms with E-state index in [1.54, 1.807) is 24.3 Å². The van der Waals surface area contributed by atoms with Gasteiger partial charge in [-0.15, -0.1) is 0 Å². The second kappa shape index (κ2) is 12.5. The monoisotopic (exact) mass is 363 g/mol. The van der Waals surface area contributed by atoms with Crippen LogP contribution >= 0.6 is 0 Å². The molecule has 0 unspecified atom stereocenters. The van der Waals surface area contributed by atoms with Gasteiger partial charge in [-0.1, -0.05) is 12.7 Å². The number of hydrogen-bond donors (Lipinski definition) is 2. The molecule has 1 aromatic carbocycles. The van der Waals surface area contributed by atoms with E-state index < -0.39 is 11.8 Å². The lowest BCUT2D eigenvalue weighted by Gasteiger charge is -2.11. The van der Waals surface area contributed by atoms with Gasteiger partial charge in [-0.25, -0.2) is 5.43 Å². The lowest BCUT2D eigenvalue weighted by atomic mass is 10.2. The number of benzene rings is 1. The summed E-state index contributed by atoms with van der Waals surface area (Å²) in [7, 11) is 1.53. The molecule has 0 atom stereocenters. The van der Waals surface area contributed by atoms with Gasteiger partial charge in [0.2, 0.25) is 11.8 Å². The minimum Gasteiger partial charge on any atom is -0.490 e. The number of methoxy groups -OCH3 is 1. The van der Waals surface area contributed by atoms with E-state index in [0.717, 1.165) is 0 Å². The van der Waals surface area contributed by atoms with E-state index in [2.05, 4.69) is 22.4 Å². The first-order valence-electron chi connectivity index (χ1n) is 8.18. The fraction of sp³-hybridized carbons (Fsp3) is 0.389. The zero-order valence-electron chi connectivity index (χ0n) is 15.1. The normalized spacial score (nSPS) is 10.4. The Morgan fingerprint density at radius 2 is 2.04 bits per heavy atom. The van der Waals surface area contributed by atoms with Crippen LogP contribution in [0.2, 0.25) is 0 Å². The summed E-state index contributed by atoms with van der Waals surface area (Å²) < 4.78 is 15.8. The maximum absolute atomic E-state index is 11.6. The van der Waals surface area contributed by atoms with Crippen molar-refractivity contribution in [3.63, 3.8) is 0 Å². The molecule has 0 aromatic heterocycles. The molecule has 0 saturated heterocycles. The smallest absolute Gasteiger partial charge is 0.249 e. The van der Waals surface area contributed by atoms with Gasteiger partial charge in [-0.05, 0) is 30.7 Å². The molecule has 142 valence electrons. The van der Waals surface area contributed by atoms with Gasteiger partial charge in [-0.3, -0.25) is 9.59 Å². The van der Waals surface area contributed by atoms with Crippen molar-refractivity contribution >= 4 is 18.0 Å². The Hall–Kier alpha value is -2.87. The van der Waals surface area contributed by atoms with Gasteiger partial charge in [0.15, 0.2) is 11.5 Å². The summed E-state index contributed by atoms with van der Waals surface area (Å²) in [6, 6.07) is 5.27. The standard InChI is InChI=1S/C18H25N3O5/c1-4-9-26-15-7-6-14(11-16(15)25-5-2)13-20-21-18(23)12-17(22)19-8-10-24-3/h4,6-7,11,13H,1,5,8-10,12H2,2-3H3,(H,19,22)(H,21,23). The molecule has 0 saturated carbocycles. The third kappa shape index (κ3) is 8.29. The molecule has 0 aliphatic carbocycles. The fourth-order valence-corrected chi connectivity index (χ4v) is 1.86. The molecule has 26 heavy (non-hydrogen) atoms. The van der Waals surface area contributed by atoms with Crippen molar-refractivity contribution in [1.82, 2.24) is 10.7 Å². The second-order valence-corrected chi connectivity index (χ2v) is 5.05. The molecule has 2 N–H and O–H groups in total. The van der Waals surface area contributed by atoms with Crippen molar-refractivity contribution in [2.45, 2.75) is 13.3 Å². The Balaban J connectivity index is 2.56. The summed E-state index contributed by atoms with van der Waals surface area (Å²) >= 11 is 0. The Bertz CT molecular complexity index is 631. The molecule has 1 aromatic rings. The summed E-state index contributed by atoms with van der Waals surface area (Å²) in [5.74, 6) is 0.270. The summed E-state index contributed by atoms with van der Waals surface area (Å²) in [5.41, 5.74) is 3.02. The van der Waals surface area contributed by atoms with Gasteiger partial charge in [-0.2, -0.15) is 5.10 Å². The lowest BCUT2D eigenvalue weighted by Crippen LogP contribution is -2.31. The van der Waals surface area contributed by atoms with Gasteiger partial charge in [0.25, 0.3) is 0 Å². The van der Waals surface area contributed by atoms with E-state index in [0.29, 0.717) is 43.4 Å². The molecule has 2 amide bonds. The van der Waals surface area contributed by atoms with Crippen LogP contribution in [0, 0.1) is 0 Å². The van der Waals surface area contributed by atoms with E-state index >= 15 is 0 Å². The van der Waals surface area contributed by atoms with Crippen molar-refractivity contribution in [3.05, 3.63) is 36.4 Å². The molecule has 1 rings (SSSR count). The third-order valence-corrected chi connectivity index (χ3v) is 2.98. The van der Waals surface area contributed by atoms with E-state index in [-0.39, 0.29) is 6.42 Å². The highest BCUT2D eigenvalue weighted by Crippen LogP contribution is 2.28. The van der Waals surface area contributed by atoms with Crippen LogP contribution in [0.25, 0.3) is 0 Å². The SMILES string of the molecule is C=CCOc1ccc(C=NNC(=O)CC(=O)NCCOC)cc1OCC. The van der Waals surface area contributed by atoms with E-state index in [1.807, 2.05) is 6.92 Å². The van der Waals surface area contributed by atoms with Crippen LogP contribution in [-0.2, 0) is 14.3 Å². The van der Waals surface area contributed by atoms with E-state index in [4.69, 9.17) is 14.2 Å². The van der Waals surface area contributed by atoms with Crippen molar-refractivity contribution in [3.8, 4) is 11.5 Å². The summed E-state index contributed by atoms with van der Waals surface area (Å²) in [6.07, 6.45) is 2.80. The number of rotatable bonds is 12. The Kier molecular flexibility index (Phi) is 10.2. The Morgan fingerprint density at radius 3 is 2.73 bits per heavy atom. The minimum absolute atomic E-state index is 0.306. The molecule has 0 spiro atoms. The molecule has 0 aliphatic heterocycles. The summed E-state index contributed by atoms with van der Waals surface area (Å²) in [5, 5.41) is 6.40. The Morgan fingerprint density at radius 1 is 1.23 bits per heavy atom. The summed E-state index contributed by atoms with van der Waals surface area (Å²) in [4.78, 5) is 23.1. The van der Waals surface area contributed by atoms with Crippen LogP contribution < -0.4 is 20.2 Å². The molecular formula is C18H25N3O5. The van der Waals surface area contributed by atoms with Gasteiger partial charge in [0.05, 0.1) is 19.4 Å². The van der Waals surface area contributed by atoms with E-state index in [1.165, 1.54) is 13.3 Å². The van der Waals surface area contributed by atoms with Crippen LogP contribution in [-0.4, -0.2) is 51.5 Å². The number of carbonyl (C=O) groups is 2. The number of nitrogens with zero attached hydrogens (tertiary/aromatic N) is 1. The molecule has 0 radical (unpaired) electrons. The quantitative estimate of drug-likeness (QED) is 0.191. The number of carbonyl (C=O) groups excluding carboxylic acids is 2. The number of hydrazone groups is 1. The van der Waals surface area contributed by atoms with Crippen LogP contribution in [0.3, 0.4) is 0 Å². The predicted octanol–water partition coefficient (Wildman–Crippen LogP) is 1.25. The van der Waals surface area contributed by atoms with Crippen molar-refractivity contribution in [1.29, 1.82) is 0 Å². The number of nitrogens with one attached hydrogen (secondary N) is 2. The number of amides is 2. The lowest BCUT2D eigenvalue weighted by molar-refractivity contribution is -0.129. The van der Waals surface area contributed by atoms with Gasteiger partial charge >= 0.3 is 0 Å². The van der Waals surface area contributed by atoms with Crippen LogP contribution in [0.15, 0.2) is 36.0 Å². The molecule has 0 heterocycles. The molecule has 8 heteroatoms. The third-order valence-electron chi connectivity index (χ3n) is 2.98. The topological polar surface area (TPSA) is 98.2 Å². The number of ether oxygens (including phenoxy) is 3. The fourth-order valence-electron chi connectivity index (χ4n) is 1.86. The van der Waals surface area contributed by atoms with Crippen LogP contribution in [0.1, 0.15) is 18.9 Å². The molecular weight excluding hydrogens is 338 g/mol. The highest BCUT2D eigenvalue weighted by Gasteiger charge is 2.08. The largest absolute Gasteiger partial charge is 0.490 e. The zero-order chi connectivity index (χ0) is 19.2. The first-order chi connectivity index (χ1) is 12.6.